The van der Waals surface area contributed by atoms with Crippen molar-refractivity contribution in [2.75, 3.05) is 13.7 Å². The molecule has 2 rings (SSSR count). The summed E-state index contributed by atoms with van der Waals surface area (Å²) in [6, 6.07) is 5.95. The van der Waals surface area contributed by atoms with Gasteiger partial charge in [-0.25, -0.2) is 0 Å². The van der Waals surface area contributed by atoms with E-state index in [0.29, 0.717) is 6.61 Å². The molecule has 0 saturated carbocycles. The number of benzene rings is 1. The van der Waals surface area contributed by atoms with Gasteiger partial charge in [-0.1, -0.05) is 12.1 Å². The Morgan fingerprint density at radius 1 is 1.56 bits per heavy atom. The molecule has 0 radical (unpaired) electrons. The molecule has 0 spiro atoms. The number of methoxy groups -OCH3 is 1. The van der Waals surface area contributed by atoms with Gasteiger partial charge in [0.1, 0.15) is 5.75 Å². The van der Waals surface area contributed by atoms with Crippen LogP contribution in [0.15, 0.2) is 30.9 Å². The first-order valence-electron chi connectivity index (χ1n) is 5.41. The first-order chi connectivity index (χ1) is 7.76. The summed E-state index contributed by atoms with van der Waals surface area (Å²) >= 11 is 0. The van der Waals surface area contributed by atoms with Crippen LogP contribution in [0.25, 0.3) is 0 Å². The van der Waals surface area contributed by atoms with Gasteiger partial charge in [-0.15, -0.1) is 6.58 Å². The van der Waals surface area contributed by atoms with E-state index in [1.54, 1.807) is 13.2 Å². The molecule has 1 aromatic carbocycles. The van der Waals surface area contributed by atoms with Crippen LogP contribution in [-0.4, -0.2) is 19.8 Å². The zero-order valence-corrected chi connectivity index (χ0v) is 9.48. The van der Waals surface area contributed by atoms with Gasteiger partial charge >= 0.3 is 0 Å². The Morgan fingerprint density at radius 2 is 2.38 bits per heavy atom. The average Bonchev–Trinajstić information content (AvgIpc) is 2.63. The quantitative estimate of drug-likeness (QED) is 0.786. The Balaban J connectivity index is 2.17. The van der Waals surface area contributed by atoms with Crippen molar-refractivity contribution >= 4 is 0 Å². The summed E-state index contributed by atoms with van der Waals surface area (Å²) < 4.78 is 10.8. The van der Waals surface area contributed by atoms with Crippen molar-refractivity contribution in [3.05, 3.63) is 42.0 Å². The zero-order valence-electron chi connectivity index (χ0n) is 9.48. The normalized spacial score (nSPS) is 22.9. The Kier molecular flexibility index (Phi) is 3.27. The molecule has 0 amide bonds. The topological polar surface area (TPSA) is 44.5 Å². The summed E-state index contributed by atoms with van der Waals surface area (Å²) in [4.78, 5) is 0. The number of nitrogens with two attached hydrogens (primary N) is 1. The van der Waals surface area contributed by atoms with Crippen molar-refractivity contribution < 1.29 is 9.47 Å². The summed E-state index contributed by atoms with van der Waals surface area (Å²) in [7, 11) is 1.66. The van der Waals surface area contributed by atoms with E-state index in [1.807, 2.05) is 12.1 Å². The molecule has 1 aromatic rings. The molecule has 16 heavy (non-hydrogen) atoms. The summed E-state index contributed by atoms with van der Waals surface area (Å²) in [6.07, 6.45) is 2.67. The second-order valence-corrected chi connectivity index (χ2v) is 3.96. The van der Waals surface area contributed by atoms with Crippen molar-refractivity contribution in [2.45, 2.75) is 18.6 Å². The van der Waals surface area contributed by atoms with Crippen LogP contribution in [0.2, 0.25) is 0 Å². The molecule has 0 unspecified atom stereocenters. The minimum absolute atomic E-state index is 0.0557. The van der Waals surface area contributed by atoms with Gasteiger partial charge in [0.2, 0.25) is 0 Å². The summed E-state index contributed by atoms with van der Waals surface area (Å²) in [5.74, 6) is 0.846. The fourth-order valence-corrected chi connectivity index (χ4v) is 2.09. The van der Waals surface area contributed by atoms with Gasteiger partial charge in [0.15, 0.2) is 0 Å². The van der Waals surface area contributed by atoms with E-state index in [0.717, 1.165) is 17.7 Å². The second kappa shape index (κ2) is 4.68. The summed E-state index contributed by atoms with van der Waals surface area (Å²) in [5, 5.41) is 0. The maximum Gasteiger partial charge on any atom is 0.119 e. The lowest BCUT2D eigenvalue weighted by Gasteiger charge is -2.15. The van der Waals surface area contributed by atoms with Gasteiger partial charge in [0.05, 0.1) is 25.9 Å². The molecule has 1 aliphatic rings. The van der Waals surface area contributed by atoms with Crippen LogP contribution in [-0.2, 0) is 11.2 Å². The van der Waals surface area contributed by atoms with E-state index < -0.39 is 0 Å². The number of fused-ring (bicyclic) bond motifs is 1. The fourth-order valence-electron chi connectivity index (χ4n) is 2.09. The molecule has 3 nitrogen and oxygen atoms in total. The highest BCUT2D eigenvalue weighted by atomic mass is 16.5. The molecule has 0 aliphatic heterocycles. The Labute approximate surface area is 95.9 Å². The third-order valence-corrected chi connectivity index (χ3v) is 2.96. The number of ether oxygens (including phenoxy) is 2. The molecule has 2 atom stereocenters. The number of hydrogen-bond donors (Lipinski definition) is 1. The van der Waals surface area contributed by atoms with Gasteiger partial charge < -0.3 is 15.2 Å². The Bertz CT molecular complexity index is 390. The predicted molar refractivity (Wildman–Crippen MR) is 63.6 cm³/mol. The van der Waals surface area contributed by atoms with Crippen LogP contribution >= 0.6 is 0 Å². The van der Waals surface area contributed by atoms with Crippen molar-refractivity contribution in [1.29, 1.82) is 0 Å². The van der Waals surface area contributed by atoms with Crippen LogP contribution < -0.4 is 10.5 Å². The summed E-state index contributed by atoms with van der Waals surface area (Å²) in [5.41, 5.74) is 8.53. The molecule has 0 bridgehead atoms. The lowest BCUT2D eigenvalue weighted by atomic mass is 10.1. The minimum atomic E-state index is -0.0648. The summed E-state index contributed by atoms with van der Waals surface area (Å²) in [6.45, 7) is 4.18. The van der Waals surface area contributed by atoms with Crippen molar-refractivity contribution in [3.8, 4) is 5.75 Å². The smallest absolute Gasteiger partial charge is 0.119 e. The number of hydrogen-bond acceptors (Lipinski definition) is 3. The zero-order chi connectivity index (χ0) is 11.5. The predicted octanol–water partition coefficient (Wildman–Crippen LogP) is 1.82. The lowest BCUT2D eigenvalue weighted by Crippen LogP contribution is -2.25. The standard InChI is InChI=1S/C13H17NO2/c1-3-6-16-12-7-9-4-5-10(15-2)8-11(9)13(12)14/h3-5,8,12-13H,1,6-7,14H2,2H3/t12-,13-/m0/s1. The van der Waals surface area contributed by atoms with Gasteiger partial charge in [0.25, 0.3) is 0 Å². The SMILES string of the molecule is C=CCO[C@H]1Cc2ccc(OC)cc2[C@@H]1N. The largest absolute Gasteiger partial charge is 0.497 e. The van der Waals surface area contributed by atoms with Crippen LogP contribution in [0, 0.1) is 0 Å². The molecule has 0 saturated heterocycles. The fraction of sp³-hybridized carbons (Fsp3) is 0.385. The molecular weight excluding hydrogens is 202 g/mol. The van der Waals surface area contributed by atoms with E-state index in [1.165, 1.54) is 5.56 Å². The van der Waals surface area contributed by atoms with Crippen molar-refractivity contribution in [3.63, 3.8) is 0 Å². The van der Waals surface area contributed by atoms with Gasteiger partial charge in [-0.05, 0) is 23.3 Å². The Morgan fingerprint density at radius 3 is 3.06 bits per heavy atom. The molecule has 2 N–H and O–H groups in total. The van der Waals surface area contributed by atoms with E-state index in [9.17, 15) is 0 Å². The monoisotopic (exact) mass is 219 g/mol. The molecule has 0 heterocycles. The highest BCUT2D eigenvalue weighted by molar-refractivity contribution is 5.42. The second-order valence-electron chi connectivity index (χ2n) is 3.96. The molecule has 0 fully saturated rings. The van der Waals surface area contributed by atoms with Gasteiger partial charge in [0, 0.05) is 6.42 Å². The Hall–Kier alpha value is -1.32. The molecule has 1 aliphatic carbocycles. The van der Waals surface area contributed by atoms with Crippen LogP contribution in [0.3, 0.4) is 0 Å². The third kappa shape index (κ3) is 1.96. The first kappa shape index (κ1) is 11.2. The van der Waals surface area contributed by atoms with Gasteiger partial charge in [-0.2, -0.15) is 0 Å². The number of rotatable bonds is 4. The van der Waals surface area contributed by atoms with Crippen molar-refractivity contribution in [2.24, 2.45) is 5.73 Å². The van der Waals surface area contributed by atoms with E-state index in [2.05, 4.69) is 12.6 Å². The van der Waals surface area contributed by atoms with Crippen LogP contribution in [0.4, 0.5) is 0 Å². The first-order valence-corrected chi connectivity index (χ1v) is 5.41. The van der Waals surface area contributed by atoms with Crippen molar-refractivity contribution in [1.82, 2.24) is 0 Å². The third-order valence-electron chi connectivity index (χ3n) is 2.96. The minimum Gasteiger partial charge on any atom is -0.497 e. The highest BCUT2D eigenvalue weighted by Gasteiger charge is 2.30. The van der Waals surface area contributed by atoms with Gasteiger partial charge in [-0.3, -0.25) is 0 Å². The average molecular weight is 219 g/mol. The van der Waals surface area contributed by atoms with E-state index in [-0.39, 0.29) is 12.1 Å². The molecule has 86 valence electrons. The highest BCUT2D eigenvalue weighted by Crippen LogP contribution is 2.33. The maximum absolute atomic E-state index is 6.14. The molecular formula is C13H17NO2. The van der Waals surface area contributed by atoms with Crippen LogP contribution in [0.5, 0.6) is 5.75 Å². The molecule has 0 aromatic heterocycles. The van der Waals surface area contributed by atoms with E-state index >= 15 is 0 Å². The van der Waals surface area contributed by atoms with Crippen LogP contribution in [0.1, 0.15) is 17.2 Å². The lowest BCUT2D eigenvalue weighted by molar-refractivity contribution is 0.0638. The van der Waals surface area contributed by atoms with E-state index in [4.69, 9.17) is 15.2 Å². The molecule has 3 heteroatoms. The maximum atomic E-state index is 6.14.